The summed E-state index contributed by atoms with van der Waals surface area (Å²) in [5.74, 6) is 0.984. The van der Waals surface area contributed by atoms with Gasteiger partial charge >= 0.3 is 0 Å². The lowest BCUT2D eigenvalue weighted by atomic mass is 9.94. The van der Waals surface area contributed by atoms with Crippen molar-refractivity contribution in [2.75, 3.05) is 18.3 Å². The van der Waals surface area contributed by atoms with Crippen LogP contribution in [0.2, 0.25) is 0 Å². The maximum absolute atomic E-state index is 11.9. The van der Waals surface area contributed by atoms with Gasteiger partial charge in [0.2, 0.25) is 5.91 Å². The van der Waals surface area contributed by atoms with E-state index in [9.17, 15) is 4.79 Å². The number of nitrogens with one attached hydrogen (secondary N) is 1. The first kappa shape index (κ1) is 18.4. The van der Waals surface area contributed by atoms with Crippen molar-refractivity contribution < 1.29 is 4.79 Å². The van der Waals surface area contributed by atoms with Crippen molar-refractivity contribution in [2.45, 2.75) is 49.4 Å². The first-order chi connectivity index (χ1) is 8.17. The van der Waals surface area contributed by atoms with Crippen LogP contribution in [0.4, 0.5) is 0 Å². The van der Waals surface area contributed by atoms with E-state index in [0.717, 1.165) is 25.0 Å². The van der Waals surface area contributed by atoms with Crippen molar-refractivity contribution in [3.8, 4) is 0 Å². The molecule has 1 rings (SSSR count). The molecule has 0 aromatic heterocycles. The third-order valence-electron chi connectivity index (χ3n) is 3.28. The summed E-state index contributed by atoms with van der Waals surface area (Å²) in [7, 11) is 0. The van der Waals surface area contributed by atoms with E-state index in [1.54, 1.807) is 11.8 Å². The van der Waals surface area contributed by atoms with Gasteiger partial charge in [-0.2, -0.15) is 23.5 Å². The third-order valence-corrected chi connectivity index (χ3v) is 5.01. The van der Waals surface area contributed by atoms with Gasteiger partial charge in [0.1, 0.15) is 0 Å². The number of hydrogen-bond donors (Lipinski definition) is 2. The van der Waals surface area contributed by atoms with Crippen molar-refractivity contribution in [3.05, 3.63) is 0 Å². The predicted octanol–water partition coefficient (Wildman–Crippen LogP) is 2.28. The molecule has 0 radical (unpaired) electrons. The van der Waals surface area contributed by atoms with Crippen LogP contribution in [0.15, 0.2) is 0 Å². The standard InChI is InChI=1S/C12H24N2OS2.ClH/c1-16-7-6-11(13)12(15)14-9-4-3-5-10(8-9)17-2;/h9-11H,3-8,13H2,1-2H3,(H,14,15);1H/t9?,10?,11-;/m0./s1. The average Bonchev–Trinajstić information content (AvgIpc) is 2.36. The molecule has 1 fully saturated rings. The molecule has 0 spiro atoms. The van der Waals surface area contributed by atoms with Crippen molar-refractivity contribution in [2.24, 2.45) is 5.73 Å². The van der Waals surface area contributed by atoms with E-state index in [0.29, 0.717) is 11.3 Å². The maximum atomic E-state index is 11.9. The van der Waals surface area contributed by atoms with Gasteiger partial charge in [0.05, 0.1) is 6.04 Å². The molecule has 3 N–H and O–H groups in total. The van der Waals surface area contributed by atoms with Crippen LogP contribution in [0.1, 0.15) is 32.1 Å². The molecule has 1 amide bonds. The summed E-state index contributed by atoms with van der Waals surface area (Å²) in [4.78, 5) is 11.9. The second-order valence-electron chi connectivity index (χ2n) is 4.62. The van der Waals surface area contributed by atoms with E-state index < -0.39 is 0 Å². The highest BCUT2D eigenvalue weighted by Gasteiger charge is 2.24. The summed E-state index contributed by atoms with van der Waals surface area (Å²) in [6.07, 6.45) is 9.67. The minimum atomic E-state index is -0.336. The fraction of sp³-hybridized carbons (Fsp3) is 0.917. The molecule has 18 heavy (non-hydrogen) atoms. The number of carbonyl (C=O) groups is 1. The zero-order chi connectivity index (χ0) is 12.7. The Hall–Kier alpha value is 0.420. The molecule has 2 unspecified atom stereocenters. The molecule has 108 valence electrons. The van der Waals surface area contributed by atoms with E-state index in [1.165, 1.54) is 12.8 Å². The van der Waals surface area contributed by atoms with Crippen LogP contribution < -0.4 is 11.1 Å². The first-order valence-corrected chi connectivity index (χ1v) is 8.93. The van der Waals surface area contributed by atoms with E-state index in [-0.39, 0.29) is 24.4 Å². The minimum Gasteiger partial charge on any atom is -0.352 e. The molecule has 3 atom stereocenters. The molecule has 1 aliphatic carbocycles. The van der Waals surface area contributed by atoms with Gasteiger partial charge in [-0.15, -0.1) is 12.4 Å². The highest BCUT2D eigenvalue weighted by atomic mass is 35.5. The summed E-state index contributed by atoms with van der Waals surface area (Å²) in [6.45, 7) is 0. The van der Waals surface area contributed by atoms with Gasteiger partial charge in [-0.1, -0.05) is 6.42 Å². The van der Waals surface area contributed by atoms with E-state index in [4.69, 9.17) is 5.73 Å². The Bertz CT molecular complexity index is 244. The SMILES string of the molecule is CSCC[C@H](N)C(=O)NC1CCCC(SC)C1.Cl. The zero-order valence-electron chi connectivity index (χ0n) is 11.2. The molecule has 0 heterocycles. The Morgan fingerprint density at radius 2 is 2.17 bits per heavy atom. The molecule has 0 aromatic rings. The van der Waals surface area contributed by atoms with Crippen LogP contribution in [-0.4, -0.2) is 41.5 Å². The Morgan fingerprint density at radius 3 is 2.78 bits per heavy atom. The lowest BCUT2D eigenvalue weighted by molar-refractivity contribution is -0.123. The van der Waals surface area contributed by atoms with Crippen LogP contribution >= 0.6 is 35.9 Å². The number of nitrogens with two attached hydrogens (primary N) is 1. The Labute approximate surface area is 125 Å². The molecule has 1 saturated carbocycles. The summed E-state index contributed by atoms with van der Waals surface area (Å²) < 4.78 is 0. The van der Waals surface area contributed by atoms with Gasteiger partial charge in [-0.05, 0) is 43.9 Å². The number of rotatable bonds is 6. The second-order valence-corrected chi connectivity index (χ2v) is 6.74. The first-order valence-electron chi connectivity index (χ1n) is 6.25. The third kappa shape index (κ3) is 6.55. The van der Waals surface area contributed by atoms with Crippen LogP contribution in [0.5, 0.6) is 0 Å². The predicted molar refractivity (Wildman–Crippen MR) is 85.9 cm³/mol. The maximum Gasteiger partial charge on any atom is 0.237 e. The van der Waals surface area contributed by atoms with Crippen molar-refractivity contribution in [1.29, 1.82) is 0 Å². The van der Waals surface area contributed by atoms with Gasteiger partial charge in [0.25, 0.3) is 0 Å². The average molecular weight is 313 g/mol. The number of carbonyl (C=O) groups excluding carboxylic acids is 1. The molecule has 0 aliphatic heterocycles. The molecular formula is C12H25ClN2OS2. The van der Waals surface area contributed by atoms with Gasteiger partial charge in [-0.25, -0.2) is 0 Å². The normalized spacial score (nSPS) is 25.1. The van der Waals surface area contributed by atoms with E-state index in [2.05, 4.69) is 11.6 Å². The molecule has 1 aliphatic rings. The minimum absolute atomic E-state index is 0. The fourth-order valence-corrected chi connectivity index (χ4v) is 3.49. The Kier molecular flexibility index (Phi) is 10.5. The van der Waals surface area contributed by atoms with Gasteiger partial charge in [-0.3, -0.25) is 4.79 Å². The highest BCUT2D eigenvalue weighted by molar-refractivity contribution is 7.99. The van der Waals surface area contributed by atoms with Gasteiger partial charge < -0.3 is 11.1 Å². The number of thioether (sulfide) groups is 2. The Morgan fingerprint density at radius 1 is 1.44 bits per heavy atom. The number of halogens is 1. The molecule has 0 bridgehead atoms. The molecule has 0 saturated heterocycles. The quantitative estimate of drug-likeness (QED) is 0.790. The molecular weight excluding hydrogens is 288 g/mol. The summed E-state index contributed by atoms with van der Waals surface area (Å²) >= 11 is 3.65. The fourth-order valence-electron chi connectivity index (χ4n) is 2.17. The van der Waals surface area contributed by atoms with E-state index in [1.807, 2.05) is 18.0 Å². The molecule has 0 aromatic carbocycles. The van der Waals surface area contributed by atoms with Crippen LogP contribution in [0.3, 0.4) is 0 Å². The smallest absolute Gasteiger partial charge is 0.237 e. The lowest BCUT2D eigenvalue weighted by Gasteiger charge is -2.29. The van der Waals surface area contributed by atoms with Crippen LogP contribution in [0.25, 0.3) is 0 Å². The summed E-state index contributed by atoms with van der Waals surface area (Å²) in [5.41, 5.74) is 5.86. The van der Waals surface area contributed by atoms with Crippen LogP contribution in [-0.2, 0) is 4.79 Å². The summed E-state index contributed by atoms with van der Waals surface area (Å²) in [6, 6.07) is 0.00568. The van der Waals surface area contributed by atoms with Gasteiger partial charge in [0, 0.05) is 11.3 Å². The lowest BCUT2D eigenvalue weighted by Crippen LogP contribution is -2.47. The van der Waals surface area contributed by atoms with Crippen molar-refractivity contribution in [1.82, 2.24) is 5.32 Å². The van der Waals surface area contributed by atoms with Gasteiger partial charge in [0.15, 0.2) is 0 Å². The van der Waals surface area contributed by atoms with Crippen LogP contribution in [0, 0.1) is 0 Å². The summed E-state index contributed by atoms with van der Waals surface area (Å²) in [5, 5.41) is 3.81. The Balaban J connectivity index is 0.00000289. The molecule has 3 nitrogen and oxygen atoms in total. The topological polar surface area (TPSA) is 55.1 Å². The van der Waals surface area contributed by atoms with Crippen molar-refractivity contribution in [3.63, 3.8) is 0 Å². The monoisotopic (exact) mass is 312 g/mol. The molecule has 6 heteroatoms. The highest BCUT2D eigenvalue weighted by Crippen LogP contribution is 2.26. The largest absolute Gasteiger partial charge is 0.352 e. The second kappa shape index (κ2) is 10.2. The number of amides is 1. The van der Waals surface area contributed by atoms with E-state index >= 15 is 0 Å². The zero-order valence-corrected chi connectivity index (χ0v) is 13.6. The number of hydrogen-bond acceptors (Lipinski definition) is 4. The van der Waals surface area contributed by atoms with Crippen molar-refractivity contribution >= 4 is 41.8 Å².